The maximum atomic E-state index is 14.4. The van der Waals surface area contributed by atoms with Gasteiger partial charge in [-0.1, -0.05) is 40.7 Å². The number of fused-ring (bicyclic) bond motifs is 2. The molecule has 2 fully saturated rings. The van der Waals surface area contributed by atoms with Crippen LogP contribution in [0, 0.1) is 28.5 Å². The minimum absolute atomic E-state index is 0.0347. The van der Waals surface area contributed by atoms with Crippen molar-refractivity contribution in [2.24, 2.45) is 10.8 Å². The lowest BCUT2D eigenvalue weighted by atomic mass is 9.87. The molecule has 3 N–H and O–H groups in total. The van der Waals surface area contributed by atoms with Crippen LogP contribution in [0.2, 0.25) is 5.02 Å². The zero-order chi connectivity index (χ0) is 24.3. The van der Waals surface area contributed by atoms with Gasteiger partial charge in [-0.25, -0.2) is 14.4 Å². The van der Waals surface area contributed by atoms with Gasteiger partial charge in [0.2, 0.25) is 0 Å². The number of halogens is 2. The molecule has 1 saturated heterocycles. The normalized spacial score (nSPS) is 23.2. The molecule has 174 valence electrons. The molecule has 2 heterocycles. The lowest BCUT2D eigenvalue weighted by molar-refractivity contribution is 0.346. The molecule has 1 aliphatic heterocycles. The van der Waals surface area contributed by atoms with Crippen LogP contribution in [0.15, 0.2) is 47.8 Å². The summed E-state index contributed by atoms with van der Waals surface area (Å²) in [5.41, 5.74) is 11.5. The first-order chi connectivity index (χ1) is 16.2. The molecular formula is C27H27ClFN5. The van der Waals surface area contributed by atoms with Crippen LogP contribution in [0.25, 0.3) is 10.9 Å². The van der Waals surface area contributed by atoms with Crippen molar-refractivity contribution < 1.29 is 4.39 Å². The number of nitrogens with zero attached hydrogens (tertiary/aromatic N) is 3. The molecule has 0 spiro atoms. The van der Waals surface area contributed by atoms with Crippen LogP contribution in [0.3, 0.4) is 0 Å². The highest BCUT2D eigenvalue weighted by Gasteiger charge is 2.71. The Labute approximate surface area is 204 Å². The smallest absolute Gasteiger partial charge is 0.165 e. The standard InChI is InChI=1S/C27H27ClFN5/c1-16(2)17(3)27-12-26(27,13-34(4)14-27)9-8-18-10-23-19(11-21(18)30)25(32-15-31-23)33-22-7-5-6-20(28)24(22)29/h5-7,10-11,15H,12-14,30H2,1-4H3,(H,31,32,33)/t26-,27+/m0/s1. The third-order valence-electron chi connectivity index (χ3n) is 7.39. The summed E-state index contributed by atoms with van der Waals surface area (Å²) in [7, 11) is 2.16. The van der Waals surface area contributed by atoms with E-state index in [1.807, 2.05) is 6.07 Å². The number of rotatable bonds is 3. The Morgan fingerprint density at radius 3 is 2.76 bits per heavy atom. The molecule has 1 saturated carbocycles. The Kier molecular flexibility index (Phi) is 5.31. The molecule has 2 aliphatic rings. The van der Waals surface area contributed by atoms with Gasteiger partial charge in [0.15, 0.2) is 5.82 Å². The Morgan fingerprint density at radius 2 is 2.00 bits per heavy atom. The van der Waals surface area contributed by atoms with Crippen LogP contribution < -0.4 is 11.1 Å². The minimum atomic E-state index is -0.535. The first-order valence-electron chi connectivity index (χ1n) is 11.3. The average Bonchev–Trinajstić information content (AvgIpc) is 3.31. The van der Waals surface area contributed by atoms with E-state index >= 15 is 0 Å². The van der Waals surface area contributed by atoms with E-state index in [4.69, 9.17) is 17.3 Å². The van der Waals surface area contributed by atoms with Crippen LogP contribution in [0.4, 0.5) is 21.6 Å². The second-order valence-corrected chi connectivity index (χ2v) is 10.2. The molecule has 5 rings (SSSR count). The van der Waals surface area contributed by atoms with E-state index in [1.54, 1.807) is 18.2 Å². The molecule has 0 radical (unpaired) electrons. The predicted molar refractivity (Wildman–Crippen MR) is 137 cm³/mol. The second-order valence-electron chi connectivity index (χ2n) is 9.79. The minimum Gasteiger partial charge on any atom is -0.398 e. The molecule has 5 nitrogen and oxygen atoms in total. The molecule has 0 bridgehead atoms. The predicted octanol–water partition coefficient (Wildman–Crippen LogP) is 5.78. The van der Waals surface area contributed by atoms with Crippen molar-refractivity contribution in [3.8, 4) is 11.8 Å². The number of benzene rings is 2. The molecular weight excluding hydrogens is 449 g/mol. The lowest BCUT2D eigenvalue weighted by Crippen LogP contribution is -2.21. The van der Waals surface area contributed by atoms with E-state index in [9.17, 15) is 4.39 Å². The van der Waals surface area contributed by atoms with Crippen molar-refractivity contribution in [1.82, 2.24) is 14.9 Å². The highest BCUT2D eigenvalue weighted by atomic mass is 35.5. The fourth-order valence-corrected chi connectivity index (χ4v) is 5.57. The van der Waals surface area contributed by atoms with Gasteiger partial charge in [-0.3, -0.25) is 0 Å². The topological polar surface area (TPSA) is 67.1 Å². The van der Waals surface area contributed by atoms with E-state index in [-0.39, 0.29) is 21.5 Å². The Balaban J connectivity index is 1.51. The largest absolute Gasteiger partial charge is 0.398 e. The maximum Gasteiger partial charge on any atom is 0.165 e. The number of nitrogens with one attached hydrogen (secondary N) is 1. The van der Waals surface area contributed by atoms with Crippen molar-refractivity contribution in [1.29, 1.82) is 0 Å². The van der Waals surface area contributed by atoms with Gasteiger partial charge in [0.25, 0.3) is 0 Å². The van der Waals surface area contributed by atoms with Gasteiger partial charge in [0, 0.05) is 35.1 Å². The van der Waals surface area contributed by atoms with Gasteiger partial charge in [0.05, 0.1) is 21.6 Å². The highest BCUT2D eigenvalue weighted by Crippen LogP contribution is 2.71. The number of likely N-dealkylation sites (tertiary alicyclic amines) is 1. The molecule has 2 atom stereocenters. The van der Waals surface area contributed by atoms with Gasteiger partial charge >= 0.3 is 0 Å². The zero-order valence-corrected chi connectivity index (χ0v) is 20.5. The van der Waals surface area contributed by atoms with Crippen LogP contribution in [0.5, 0.6) is 0 Å². The molecule has 1 aromatic heterocycles. The SMILES string of the molecule is CC(C)=C(C)[C@@]12CN(C)C[C@]1(C#Cc1cc3ncnc(Nc4cccc(Cl)c4F)c3cc1N)C2. The third-order valence-corrected chi connectivity index (χ3v) is 7.68. The molecule has 3 aromatic rings. The van der Waals surface area contributed by atoms with E-state index in [0.29, 0.717) is 22.4 Å². The average molecular weight is 476 g/mol. The van der Waals surface area contributed by atoms with Crippen molar-refractivity contribution in [2.45, 2.75) is 27.2 Å². The van der Waals surface area contributed by atoms with Gasteiger partial charge in [0.1, 0.15) is 12.1 Å². The number of hydrogen-bond donors (Lipinski definition) is 2. The zero-order valence-electron chi connectivity index (χ0n) is 19.8. The summed E-state index contributed by atoms with van der Waals surface area (Å²) in [5.74, 6) is 6.89. The fourth-order valence-electron chi connectivity index (χ4n) is 5.40. The first kappa shape index (κ1) is 22.6. The van der Waals surface area contributed by atoms with Crippen LogP contribution in [-0.4, -0.2) is 35.0 Å². The summed E-state index contributed by atoms with van der Waals surface area (Å²) in [4.78, 5) is 11.1. The Bertz CT molecular complexity index is 1420. The quantitative estimate of drug-likeness (QED) is 0.285. The van der Waals surface area contributed by atoms with Crippen molar-refractivity contribution in [3.63, 3.8) is 0 Å². The second kappa shape index (κ2) is 7.97. The summed E-state index contributed by atoms with van der Waals surface area (Å²) in [6, 6.07) is 8.45. The molecule has 2 aromatic carbocycles. The Hall–Kier alpha value is -3.14. The third kappa shape index (κ3) is 3.51. The van der Waals surface area contributed by atoms with Crippen LogP contribution >= 0.6 is 11.6 Å². The fraction of sp³-hybridized carbons (Fsp3) is 0.333. The molecule has 34 heavy (non-hydrogen) atoms. The molecule has 0 amide bonds. The van der Waals surface area contributed by atoms with Crippen LogP contribution in [0.1, 0.15) is 32.8 Å². The van der Waals surface area contributed by atoms with E-state index in [2.05, 4.69) is 59.8 Å². The van der Waals surface area contributed by atoms with Gasteiger partial charge in [-0.05, 0) is 58.5 Å². The summed E-state index contributed by atoms with van der Waals surface area (Å²) >= 11 is 5.91. The molecule has 7 heteroatoms. The van der Waals surface area contributed by atoms with Crippen molar-refractivity contribution in [3.05, 3.63) is 64.2 Å². The first-order valence-corrected chi connectivity index (χ1v) is 11.7. The summed E-state index contributed by atoms with van der Waals surface area (Å²) in [6.45, 7) is 8.60. The molecule has 1 aliphatic carbocycles. The number of nitrogens with two attached hydrogens (primary N) is 1. The lowest BCUT2D eigenvalue weighted by Gasteiger charge is -2.18. The number of allylic oxidation sites excluding steroid dienone is 1. The summed E-state index contributed by atoms with van der Waals surface area (Å²) in [6.07, 6.45) is 2.53. The van der Waals surface area contributed by atoms with E-state index in [0.717, 1.165) is 25.1 Å². The summed E-state index contributed by atoms with van der Waals surface area (Å²) in [5, 5.41) is 3.74. The monoisotopic (exact) mass is 475 g/mol. The maximum absolute atomic E-state index is 14.4. The number of hydrogen-bond acceptors (Lipinski definition) is 5. The molecule has 0 unspecified atom stereocenters. The number of anilines is 3. The van der Waals surface area contributed by atoms with Crippen LogP contribution in [-0.2, 0) is 0 Å². The Morgan fingerprint density at radius 1 is 1.21 bits per heavy atom. The highest BCUT2D eigenvalue weighted by molar-refractivity contribution is 6.31. The van der Waals surface area contributed by atoms with Crippen molar-refractivity contribution in [2.75, 3.05) is 31.2 Å². The number of piperidine rings is 1. The van der Waals surface area contributed by atoms with Crippen molar-refractivity contribution >= 4 is 39.7 Å². The number of nitrogen functional groups attached to an aromatic ring is 1. The van der Waals surface area contributed by atoms with Gasteiger partial charge < -0.3 is 16.0 Å². The van der Waals surface area contributed by atoms with Gasteiger partial charge in [-0.15, -0.1) is 0 Å². The van der Waals surface area contributed by atoms with E-state index in [1.165, 1.54) is 23.5 Å². The summed E-state index contributed by atoms with van der Waals surface area (Å²) < 4.78 is 14.4. The van der Waals surface area contributed by atoms with Gasteiger partial charge in [-0.2, -0.15) is 0 Å². The van der Waals surface area contributed by atoms with E-state index < -0.39 is 5.82 Å². The number of aromatic nitrogens is 2.